The molecule has 2 N–H and O–H groups in total. The van der Waals surface area contributed by atoms with Crippen LogP contribution in [0.4, 0.5) is 16.2 Å². The first-order valence-electron chi connectivity index (χ1n) is 13.4. The van der Waals surface area contributed by atoms with Gasteiger partial charge in [-0.1, -0.05) is 30.3 Å². The average molecular weight is 584 g/mol. The van der Waals surface area contributed by atoms with Crippen molar-refractivity contribution in [2.75, 3.05) is 23.7 Å². The Kier molecular flexibility index (Phi) is 9.27. The average Bonchev–Trinajstić information content (AvgIpc) is 2.82. The molecule has 222 valence electrons. The number of fused-ring (bicyclic) bond motifs is 1. The Balaban J connectivity index is 1.95. The fourth-order valence-corrected chi connectivity index (χ4v) is 5.38. The van der Waals surface area contributed by atoms with Crippen LogP contribution < -0.4 is 14.9 Å². The monoisotopic (exact) mass is 583 g/mol. The van der Waals surface area contributed by atoms with E-state index in [0.717, 1.165) is 22.0 Å². The van der Waals surface area contributed by atoms with Gasteiger partial charge >= 0.3 is 12.1 Å². The van der Waals surface area contributed by atoms with Crippen molar-refractivity contribution in [3.8, 4) is 0 Å². The number of nitrogens with zero attached hydrogens (tertiary/aromatic N) is 1. The van der Waals surface area contributed by atoms with E-state index >= 15 is 0 Å². The number of carbonyl (C=O) groups is 2. The summed E-state index contributed by atoms with van der Waals surface area (Å²) in [6.07, 6.45) is -0.770. The van der Waals surface area contributed by atoms with Crippen molar-refractivity contribution >= 4 is 44.2 Å². The molecular formula is C31H41N3O6S. The SMILES string of the molecule is Cc1ccc(S(=O)(=O)Nc2cccc3c(N(C)C)cccc23)cc1C[C@H](NC(=O)OC(C)(C)C)C(=O)OC(C)(C)C. The lowest BCUT2D eigenvalue weighted by atomic mass is 10.0. The maximum atomic E-state index is 13.6. The zero-order chi connectivity index (χ0) is 30.8. The van der Waals surface area contributed by atoms with E-state index in [4.69, 9.17) is 9.47 Å². The zero-order valence-electron chi connectivity index (χ0n) is 25.3. The highest BCUT2D eigenvalue weighted by atomic mass is 32.2. The second-order valence-electron chi connectivity index (χ2n) is 12.2. The van der Waals surface area contributed by atoms with Crippen LogP contribution in [-0.2, 0) is 30.7 Å². The summed E-state index contributed by atoms with van der Waals surface area (Å²) >= 11 is 0. The highest BCUT2D eigenvalue weighted by Crippen LogP contribution is 2.32. The summed E-state index contributed by atoms with van der Waals surface area (Å²) in [4.78, 5) is 27.6. The maximum Gasteiger partial charge on any atom is 0.408 e. The third kappa shape index (κ3) is 8.60. The molecule has 0 aromatic heterocycles. The van der Waals surface area contributed by atoms with Crippen molar-refractivity contribution < 1.29 is 27.5 Å². The molecule has 0 heterocycles. The van der Waals surface area contributed by atoms with Crippen molar-refractivity contribution in [3.63, 3.8) is 0 Å². The first-order valence-corrected chi connectivity index (χ1v) is 14.9. The molecule has 1 amide bonds. The molecule has 9 nitrogen and oxygen atoms in total. The third-order valence-corrected chi connectivity index (χ3v) is 7.43. The van der Waals surface area contributed by atoms with Gasteiger partial charge in [-0.3, -0.25) is 4.72 Å². The van der Waals surface area contributed by atoms with Crippen molar-refractivity contribution in [2.24, 2.45) is 0 Å². The van der Waals surface area contributed by atoms with E-state index in [9.17, 15) is 18.0 Å². The Hall–Kier alpha value is -3.79. The van der Waals surface area contributed by atoms with E-state index in [1.165, 1.54) is 12.1 Å². The molecule has 0 fully saturated rings. The van der Waals surface area contributed by atoms with Crippen LogP contribution in [-0.4, -0.2) is 51.8 Å². The third-order valence-electron chi connectivity index (χ3n) is 6.06. The first-order chi connectivity index (χ1) is 18.9. The molecule has 10 heteroatoms. The minimum atomic E-state index is -4.00. The topological polar surface area (TPSA) is 114 Å². The zero-order valence-corrected chi connectivity index (χ0v) is 26.1. The number of nitrogens with one attached hydrogen (secondary N) is 2. The predicted molar refractivity (Wildman–Crippen MR) is 163 cm³/mol. The molecule has 0 unspecified atom stereocenters. The summed E-state index contributed by atoms with van der Waals surface area (Å²) in [5.41, 5.74) is 1.17. The second-order valence-corrected chi connectivity index (χ2v) is 13.9. The Morgan fingerprint density at radius 3 is 2.10 bits per heavy atom. The van der Waals surface area contributed by atoms with Gasteiger partial charge in [-0.05, 0) is 83.9 Å². The summed E-state index contributed by atoms with van der Waals surface area (Å²) < 4.78 is 40.8. The quantitative estimate of drug-likeness (QED) is 0.323. The van der Waals surface area contributed by atoms with Crippen molar-refractivity contribution in [2.45, 2.75) is 77.0 Å². The lowest BCUT2D eigenvalue weighted by Gasteiger charge is -2.26. The number of aryl methyl sites for hydroxylation is 1. The fourth-order valence-electron chi connectivity index (χ4n) is 4.25. The number of rotatable bonds is 8. The van der Waals surface area contributed by atoms with Gasteiger partial charge in [-0.15, -0.1) is 0 Å². The molecule has 3 aromatic carbocycles. The minimum absolute atomic E-state index is 0.00378. The first kappa shape index (κ1) is 31.7. The summed E-state index contributed by atoms with van der Waals surface area (Å²) in [6.45, 7) is 12.2. The predicted octanol–water partition coefficient (Wildman–Crippen LogP) is 5.79. The number of hydrogen-bond donors (Lipinski definition) is 2. The number of sulfonamides is 1. The van der Waals surface area contributed by atoms with Gasteiger partial charge in [0.2, 0.25) is 0 Å². The Labute approximate surface area is 243 Å². The standard InChI is InChI=1S/C31H41N3O6S/c1-20-16-17-22(41(37,38)33-25-14-10-13-24-23(25)12-11-15-27(24)34(8)9)18-21(20)19-26(28(35)39-30(2,3)4)32-29(36)40-31(5,6)7/h10-18,26,33H,19H2,1-9H3,(H,32,36)/t26-/m0/s1. The van der Waals surface area contributed by atoms with Gasteiger partial charge in [0.1, 0.15) is 17.2 Å². The number of hydrogen-bond acceptors (Lipinski definition) is 7. The van der Waals surface area contributed by atoms with E-state index in [2.05, 4.69) is 10.0 Å². The van der Waals surface area contributed by atoms with Gasteiger partial charge in [0.05, 0.1) is 10.6 Å². The molecule has 41 heavy (non-hydrogen) atoms. The van der Waals surface area contributed by atoms with Gasteiger partial charge in [-0.25, -0.2) is 18.0 Å². The van der Waals surface area contributed by atoms with E-state index in [1.54, 1.807) is 53.7 Å². The molecule has 1 atom stereocenters. The smallest absolute Gasteiger partial charge is 0.408 e. The van der Waals surface area contributed by atoms with Crippen LogP contribution in [0.15, 0.2) is 59.5 Å². The number of carbonyl (C=O) groups excluding carboxylic acids is 2. The van der Waals surface area contributed by atoms with Gasteiger partial charge in [-0.2, -0.15) is 0 Å². The van der Waals surface area contributed by atoms with Crippen LogP contribution in [0.2, 0.25) is 0 Å². The highest BCUT2D eigenvalue weighted by Gasteiger charge is 2.30. The second kappa shape index (κ2) is 12.0. The molecule has 0 saturated heterocycles. The number of amides is 1. The van der Waals surface area contributed by atoms with E-state index in [-0.39, 0.29) is 11.3 Å². The van der Waals surface area contributed by atoms with Crippen molar-refractivity contribution in [3.05, 3.63) is 65.7 Å². The van der Waals surface area contributed by atoms with E-state index in [1.807, 2.05) is 56.3 Å². The summed E-state index contributed by atoms with van der Waals surface area (Å²) in [5.74, 6) is -0.651. The Morgan fingerprint density at radius 1 is 0.878 bits per heavy atom. The number of alkyl carbamates (subject to hydrolysis) is 1. The highest BCUT2D eigenvalue weighted by molar-refractivity contribution is 7.92. The van der Waals surface area contributed by atoms with Gasteiger partial charge in [0.15, 0.2) is 0 Å². The molecule has 3 rings (SSSR count). The molecule has 3 aromatic rings. The van der Waals surface area contributed by atoms with Gasteiger partial charge in [0, 0.05) is 37.0 Å². The Bertz CT molecular complexity index is 1540. The minimum Gasteiger partial charge on any atom is -0.458 e. The molecule has 0 aliphatic carbocycles. The van der Waals surface area contributed by atoms with Crippen molar-refractivity contribution in [1.82, 2.24) is 5.32 Å². The molecule has 0 spiro atoms. The molecule has 0 radical (unpaired) electrons. The molecule has 0 bridgehead atoms. The van der Waals surface area contributed by atoms with Crippen LogP contribution in [0.1, 0.15) is 52.7 Å². The lowest BCUT2D eigenvalue weighted by Crippen LogP contribution is -2.47. The van der Waals surface area contributed by atoms with Crippen LogP contribution in [0.5, 0.6) is 0 Å². The molecule has 0 aliphatic heterocycles. The number of esters is 1. The van der Waals surface area contributed by atoms with Crippen molar-refractivity contribution in [1.29, 1.82) is 0 Å². The molecular weight excluding hydrogens is 542 g/mol. The lowest BCUT2D eigenvalue weighted by molar-refractivity contribution is -0.157. The maximum absolute atomic E-state index is 13.6. The number of benzene rings is 3. The molecule has 0 aliphatic rings. The summed E-state index contributed by atoms with van der Waals surface area (Å²) in [6, 6.07) is 14.8. The molecule has 0 saturated carbocycles. The fraction of sp³-hybridized carbons (Fsp3) is 0.419. The van der Waals surface area contributed by atoms with Crippen LogP contribution >= 0.6 is 0 Å². The van der Waals surface area contributed by atoms with Crippen LogP contribution in [0, 0.1) is 6.92 Å². The summed E-state index contributed by atoms with van der Waals surface area (Å²) in [7, 11) is -0.136. The normalized spacial score (nSPS) is 12.9. The van der Waals surface area contributed by atoms with Crippen LogP contribution in [0.25, 0.3) is 10.8 Å². The van der Waals surface area contributed by atoms with E-state index < -0.39 is 39.3 Å². The van der Waals surface area contributed by atoms with Gasteiger partial charge in [0.25, 0.3) is 10.0 Å². The van der Waals surface area contributed by atoms with E-state index in [0.29, 0.717) is 11.3 Å². The van der Waals surface area contributed by atoms with Gasteiger partial charge < -0.3 is 19.7 Å². The summed E-state index contributed by atoms with van der Waals surface area (Å²) in [5, 5.41) is 4.28. The van der Waals surface area contributed by atoms with Crippen LogP contribution in [0.3, 0.4) is 0 Å². The number of ether oxygens (including phenoxy) is 2. The number of anilines is 2. The largest absolute Gasteiger partial charge is 0.458 e. The Morgan fingerprint density at radius 2 is 1.49 bits per heavy atom.